The number of rotatable bonds is 6. The topological polar surface area (TPSA) is 59.8 Å². The number of carbonyl (C=O) groups excluding carboxylic acids is 1. The molecule has 5 nitrogen and oxygen atoms in total. The van der Waals surface area contributed by atoms with Gasteiger partial charge in [0.15, 0.2) is 5.16 Å². The van der Waals surface area contributed by atoms with E-state index in [0.717, 1.165) is 10.6 Å². The Kier molecular flexibility index (Phi) is 5.55. The Hall–Kier alpha value is -1.83. The van der Waals surface area contributed by atoms with Crippen LogP contribution in [0.4, 0.5) is 0 Å². The average Bonchev–Trinajstić information content (AvgIpc) is 3.24. The van der Waals surface area contributed by atoms with E-state index in [2.05, 4.69) is 15.5 Å². The smallest absolute Gasteiger partial charge is 0.233 e. The number of nitrogens with one attached hydrogen (secondary N) is 1. The number of hydrogen-bond donors (Lipinski definition) is 1. The molecular formula is C16H15ClN4OS2. The summed E-state index contributed by atoms with van der Waals surface area (Å²) in [6.45, 7) is 2.40. The molecule has 1 atom stereocenters. The average molecular weight is 379 g/mol. The Morgan fingerprint density at radius 3 is 3.04 bits per heavy atom. The summed E-state index contributed by atoms with van der Waals surface area (Å²) in [5, 5.41) is 14.0. The van der Waals surface area contributed by atoms with Gasteiger partial charge < -0.3 is 5.32 Å². The van der Waals surface area contributed by atoms with E-state index in [-0.39, 0.29) is 11.2 Å². The first kappa shape index (κ1) is 17.0. The highest BCUT2D eigenvalue weighted by Crippen LogP contribution is 2.25. The molecule has 124 valence electrons. The van der Waals surface area contributed by atoms with Gasteiger partial charge in [0.25, 0.3) is 0 Å². The second-order valence-corrected chi connectivity index (χ2v) is 7.80. The highest BCUT2D eigenvalue weighted by molar-refractivity contribution is 8.00. The van der Waals surface area contributed by atoms with Gasteiger partial charge in [-0.05, 0) is 36.6 Å². The van der Waals surface area contributed by atoms with Gasteiger partial charge in [0.1, 0.15) is 6.33 Å². The lowest BCUT2D eigenvalue weighted by molar-refractivity contribution is -0.120. The number of carbonyl (C=O) groups is 1. The maximum absolute atomic E-state index is 12.3. The molecule has 3 aromatic rings. The van der Waals surface area contributed by atoms with Crippen LogP contribution in [-0.2, 0) is 11.3 Å². The standard InChI is InChI=1S/C16H15ClN4OS2/c1-11(15(22)18-9-14-6-3-7-23-14)24-16-20-19-10-21(16)13-5-2-4-12(17)8-13/h2-8,10-11H,9H2,1H3,(H,18,22). The van der Waals surface area contributed by atoms with Crippen LogP contribution < -0.4 is 5.32 Å². The molecule has 1 N–H and O–H groups in total. The number of benzene rings is 1. The van der Waals surface area contributed by atoms with Crippen molar-refractivity contribution in [2.45, 2.75) is 23.9 Å². The number of amides is 1. The van der Waals surface area contributed by atoms with Crippen LogP contribution >= 0.6 is 34.7 Å². The van der Waals surface area contributed by atoms with Gasteiger partial charge in [-0.3, -0.25) is 9.36 Å². The quantitative estimate of drug-likeness (QED) is 0.663. The third-order valence-corrected chi connectivity index (χ3v) is 5.44. The van der Waals surface area contributed by atoms with Crippen molar-refractivity contribution in [2.75, 3.05) is 0 Å². The van der Waals surface area contributed by atoms with Gasteiger partial charge in [0.05, 0.1) is 17.5 Å². The number of thiophene rings is 1. The van der Waals surface area contributed by atoms with Crippen molar-refractivity contribution in [1.29, 1.82) is 0 Å². The summed E-state index contributed by atoms with van der Waals surface area (Å²) in [6.07, 6.45) is 1.62. The molecule has 1 unspecified atom stereocenters. The first-order chi connectivity index (χ1) is 11.6. The van der Waals surface area contributed by atoms with E-state index in [9.17, 15) is 4.79 Å². The van der Waals surface area contributed by atoms with Gasteiger partial charge in [0, 0.05) is 9.90 Å². The number of aromatic nitrogens is 3. The Morgan fingerprint density at radius 1 is 1.42 bits per heavy atom. The number of hydrogen-bond acceptors (Lipinski definition) is 5. The summed E-state index contributed by atoms with van der Waals surface area (Å²) in [5.74, 6) is -0.0333. The second kappa shape index (κ2) is 7.83. The number of thioether (sulfide) groups is 1. The minimum Gasteiger partial charge on any atom is -0.350 e. The molecule has 0 aliphatic heterocycles. The summed E-state index contributed by atoms with van der Waals surface area (Å²) < 4.78 is 1.82. The van der Waals surface area contributed by atoms with Crippen molar-refractivity contribution in [3.8, 4) is 5.69 Å². The van der Waals surface area contributed by atoms with Gasteiger partial charge in [-0.1, -0.05) is 35.5 Å². The molecule has 0 spiro atoms. The van der Waals surface area contributed by atoms with Crippen LogP contribution in [0.3, 0.4) is 0 Å². The van der Waals surface area contributed by atoms with Crippen LogP contribution in [0.1, 0.15) is 11.8 Å². The van der Waals surface area contributed by atoms with Crippen LogP contribution in [0.2, 0.25) is 5.02 Å². The molecule has 0 radical (unpaired) electrons. The lowest BCUT2D eigenvalue weighted by Crippen LogP contribution is -2.30. The van der Waals surface area contributed by atoms with Crippen molar-refractivity contribution < 1.29 is 4.79 Å². The van der Waals surface area contributed by atoms with E-state index in [1.54, 1.807) is 17.7 Å². The zero-order valence-electron chi connectivity index (χ0n) is 12.8. The van der Waals surface area contributed by atoms with E-state index >= 15 is 0 Å². The van der Waals surface area contributed by atoms with Gasteiger partial charge in [-0.15, -0.1) is 21.5 Å². The molecule has 1 amide bonds. The highest BCUT2D eigenvalue weighted by Gasteiger charge is 2.18. The van der Waals surface area contributed by atoms with Gasteiger partial charge in [-0.2, -0.15) is 0 Å². The van der Waals surface area contributed by atoms with Crippen molar-refractivity contribution in [1.82, 2.24) is 20.1 Å². The molecule has 24 heavy (non-hydrogen) atoms. The molecule has 0 bridgehead atoms. The highest BCUT2D eigenvalue weighted by atomic mass is 35.5. The third-order valence-electron chi connectivity index (χ3n) is 3.27. The zero-order valence-corrected chi connectivity index (χ0v) is 15.2. The van der Waals surface area contributed by atoms with Crippen molar-refractivity contribution in [3.63, 3.8) is 0 Å². The minimum absolute atomic E-state index is 0.0333. The van der Waals surface area contributed by atoms with E-state index in [4.69, 9.17) is 11.6 Å². The summed E-state index contributed by atoms with van der Waals surface area (Å²) >= 11 is 9.02. The summed E-state index contributed by atoms with van der Waals surface area (Å²) in [6, 6.07) is 11.4. The minimum atomic E-state index is -0.285. The molecule has 2 aromatic heterocycles. The van der Waals surface area contributed by atoms with Crippen LogP contribution in [0.15, 0.2) is 53.3 Å². The lowest BCUT2D eigenvalue weighted by Gasteiger charge is -2.12. The third kappa shape index (κ3) is 4.17. The molecule has 1 aromatic carbocycles. The van der Waals surface area contributed by atoms with Crippen molar-refractivity contribution >= 4 is 40.6 Å². The maximum Gasteiger partial charge on any atom is 0.233 e. The second-order valence-electron chi connectivity index (χ2n) is 5.02. The molecule has 0 saturated carbocycles. The van der Waals surface area contributed by atoms with E-state index in [1.807, 2.05) is 53.3 Å². The summed E-state index contributed by atoms with van der Waals surface area (Å²) in [5.41, 5.74) is 0.862. The predicted octanol–water partition coefficient (Wildman–Crippen LogP) is 3.78. The molecule has 3 rings (SSSR count). The zero-order chi connectivity index (χ0) is 16.9. The fraction of sp³-hybridized carbons (Fsp3) is 0.188. The molecule has 0 aliphatic carbocycles. The van der Waals surface area contributed by atoms with Crippen LogP contribution in [0, 0.1) is 0 Å². The van der Waals surface area contributed by atoms with Crippen LogP contribution in [0.25, 0.3) is 5.69 Å². The Labute approximate surface area is 153 Å². The predicted molar refractivity (Wildman–Crippen MR) is 97.9 cm³/mol. The van der Waals surface area contributed by atoms with E-state index in [1.165, 1.54) is 11.8 Å². The lowest BCUT2D eigenvalue weighted by atomic mass is 10.3. The Morgan fingerprint density at radius 2 is 2.29 bits per heavy atom. The van der Waals surface area contributed by atoms with Crippen LogP contribution in [-0.4, -0.2) is 25.9 Å². The molecule has 0 fully saturated rings. The largest absolute Gasteiger partial charge is 0.350 e. The van der Waals surface area contributed by atoms with E-state index < -0.39 is 0 Å². The molecule has 8 heteroatoms. The van der Waals surface area contributed by atoms with Gasteiger partial charge in [0.2, 0.25) is 5.91 Å². The fourth-order valence-electron chi connectivity index (χ4n) is 2.05. The molecule has 0 aliphatic rings. The summed E-state index contributed by atoms with van der Waals surface area (Å²) in [7, 11) is 0. The normalized spacial score (nSPS) is 12.1. The van der Waals surface area contributed by atoms with Gasteiger partial charge >= 0.3 is 0 Å². The van der Waals surface area contributed by atoms with Crippen molar-refractivity contribution in [2.24, 2.45) is 0 Å². The van der Waals surface area contributed by atoms with Crippen LogP contribution in [0.5, 0.6) is 0 Å². The first-order valence-corrected chi connectivity index (χ1v) is 9.40. The maximum atomic E-state index is 12.3. The molecule has 0 saturated heterocycles. The van der Waals surface area contributed by atoms with E-state index in [0.29, 0.717) is 16.7 Å². The first-order valence-electron chi connectivity index (χ1n) is 7.26. The fourth-order valence-corrected chi connectivity index (χ4v) is 3.75. The summed E-state index contributed by atoms with van der Waals surface area (Å²) in [4.78, 5) is 13.4. The number of nitrogens with zero attached hydrogens (tertiary/aromatic N) is 3. The monoisotopic (exact) mass is 378 g/mol. The number of halogens is 1. The van der Waals surface area contributed by atoms with Crippen molar-refractivity contribution in [3.05, 3.63) is 58.0 Å². The Balaban J connectivity index is 1.65. The van der Waals surface area contributed by atoms with Gasteiger partial charge in [-0.25, -0.2) is 0 Å². The molecular weight excluding hydrogens is 364 g/mol. The Bertz CT molecular complexity index is 819. The SMILES string of the molecule is CC(Sc1nncn1-c1cccc(Cl)c1)C(=O)NCc1cccs1. The molecule has 2 heterocycles.